The van der Waals surface area contributed by atoms with Gasteiger partial charge >= 0.3 is 5.97 Å². The summed E-state index contributed by atoms with van der Waals surface area (Å²) < 4.78 is 1.67. The van der Waals surface area contributed by atoms with Crippen molar-refractivity contribution in [3.63, 3.8) is 0 Å². The van der Waals surface area contributed by atoms with Crippen LogP contribution in [-0.4, -0.2) is 37.8 Å². The molecule has 0 saturated heterocycles. The lowest BCUT2D eigenvalue weighted by atomic mass is 10.0. The Morgan fingerprint density at radius 3 is 2.91 bits per heavy atom. The van der Waals surface area contributed by atoms with Gasteiger partial charge in [-0.2, -0.15) is 5.10 Å². The van der Waals surface area contributed by atoms with Crippen molar-refractivity contribution in [2.24, 2.45) is 13.0 Å². The fourth-order valence-electron chi connectivity index (χ4n) is 3.11. The summed E-state index contributed by atoms with van der Waals surface area (Å²) in [5, 5.41) is 17.1. The highest BCUT2D eigenvalue weighted by molar-refractivity contribution is 5.97. The molecule has 116 valence electrons. The van der Waals surface area contributed by atoms with Crippen LogP contribution in [0.2, 0.25) is 0 Å². The number of carboxylic acids is 1. The highest BCUT2D eigenvalue weighted by Gasteiger charge is 2.34. The molecule has 0 radical (unpaired) electrons. The summed E-state index contributed by atoms with van der Waals surface area (Å²) in [7, 11) is 1.80. The van der Waals surface area contributed by atoms with Crippen molar-refractivity contribution in [2.45, 2.75) is 32.2 Å². The quantitative estimate of drug-likeness (QED) is 0.889. The molecular weight excluding hydrogens is 284 g/mol. The summed E-state index contributed by atoms with van der Waals surface area (Å²) in [5.41, 5.74) is 1.96. The molecule has 2 atom stereocenters. The number of hydrogen-bond acceptors (Lipinski definition) is 4. The minimum absolute atomic E-state index is 0.282. The van der Waals surface area contributed by atoms with E-state index < -0.39 is 11.9 Å². The van der Waals surface area contributed by atoms with Gasteiger partial charge < -0.3 is 10.4 Å². The lowest BCUT2D eigenvalue weighted by Crippen LogP contribution is -2.40. The number of nitrogens with zero attached hydrogens (tertiary/aromatic N) is 3. The van der Waals surface area contributed by atoms with E-state index in [9.17, 15) is 14.7 Å². The number of hydrogen-bond donors (Lipinski definition) is 2. The molecule has 2 N–H and O–H groups in total. The van der Waals surface area contributed by atoms with E-state index in [1.54, 1.807) is 17.8 Å². The molecule has 0 spiro atoms. The van der Waals surface area contributed by atoms with E-state index in [0.717, 1.165) is 23.1 Å². The Balaban J connectivity index is 1.83. The van der Waals surface area contributed by atoms with Crippen LogP contribution in [-0.2, 0) is 11.8 Å². The van der Waals surface area contributed by atoms with Crippen LogP contribution in [0.1, 0.15) is 35.3 Å². The van der Waals surface area contributed by atoms with Crippen LogP contribution in [0.15, 0.2) is 12.3 Å². The number of aromatic nitrogens is 3. The minimum atomic E-state index is -0.848. The maximum Gasteiger partial charge on any atom is 0.308 e. The van der Waals surface area contributed by atoms with Gasteiger partial charge in [0.25, 0.3) is 5.91 Å². The van der Waals surface area contributed by atoms with Crippen LogP contribution >= 0.6 is 0 Å². The zero-order valence-electron chi connectivity index (χ0n) is 12.5. The lowest BCUT2D eigenvalue weighted by molar-refractivity contribution is -0.142. The van der Waals surface area contributed by atoms with E-state index in [2.05, 4.69) is 15.4 Å². The third-order valence-corrected chi connectivity index (χ3v) is 4.27. The normalized spacial score (nSPS) is 21.2. The van der Waals surface area contributed by atoms with Gasteiger partial charge in [-0.1, -0.05) is 6.42 Å². The summed E-state index contributed by atoms with van der Waals surface area (Å²) in [5.74, 6) is -1.63. The Labute approximate surface area is 127 Å². The third kappa shape index (κ3) is 2.43. The molecule has 7 nitrogen and oxygen atoms in total. The second-order valence-corrected chi connectivity index (χ2v) is 5.76. The smallest absolute Gasteiger partial charge is 0.308 e. The summed E-state index contributed by atoms with van der Waals surface area (Å²) in [4.78, 5) is 27.8. The van der Waals surface area contributed by atoms with Gasteiger partial charge in [-0.05, 0) is 25.8 Å². The number of amides is 1. The van der Waals surface area contributed by atoms with Gasteiger partial charge in [-0.25, -0.2) is 4.98 Å². The number of nitrogens with one attached hydrogen (secondary N) is 1. The van der Waals surface area contributed by atoms with Gasteiger partial charge in [-0.3, -0.25) is 14.3 Å². The molecule has 0 aromatic carbocycles. The average molecular weight is 302 g/mol. The summed E-state index contributed by atoms with van der Waals surface area (Å²) in [6.07, 6.45) is 3.63. The SMILES string of the molecule is Cc1nn(C)c2ncc(C(=O)N[C@@H]3CCC[C@@H]3C(=O)O)cc12. The van der Waals surface area contributed by atoms with Crippen LogP contribution in [0, 0.1) is 12.8 Å². The topological polar surface area (TPSA) is 97.1 Å². The number of pyridine rings is 1. The maximum atomic E-state index is 12.4. The maximum absolute atomic E-state index is 12.4. The molecule has 1 saturated carbocycles. The first kappa shape index (κ1) is 14.5. The largest absolute Gasteiger partial charge is 0.481 e. The van der Waals surface area contributed by atoms with E-state index in [0.29, 0.717) is 18.4 Å². The minimum Gasteiger partial charge on any atom is -0.481 e. The highest BCUT2D eigenvalue weighted by Crippen LogP contribution is 2.26. The summed E-state index contributed by atoms with van der Waals surface area (Å²) in [6.45, 7) is 1.86. The van der Waals surface area contributed by atoms with Gasteiger partial charge in [0.05, 0.1) is 17.2 Å². The van der Waals surface area contributed by atoms with Crippen molar-refractivity contribution in [1.82, 2.24) is 20.1 Å². The number of aryl methyl sites for hydroxylation is 2. The second kappa shape index (κ2) is 5.40. The molecule has 2 aromatic heterocycles. The van der Waals surface area contributed by atoms with E-state index >= 15 is 0 Å². The van der Waals surface area contributed by atoms with Gasteiger partial charge in [0.2, 0.25) is 0 Å². The first-order valence-electron chi connectivity index (χ1n) is 7.30. The number of carbonyl (C=O) groups excluding carboxylic acids is 1. The summed E-state index contributed by atoms with van der Waals surface area (Å²) >= 11 is 0. The van der Waals surface area contributed by atoms with E-state index in [4.69, 9.17) is 0 Å². The molecule has 22 heavy (non-hydrogen) atoms. The number of aliphatic carboxylic acids is 1. The lowest BCUT2D eigenvalue weighted by Gasteiger charge is -2.17. The van der Waals surface area contributed by atoms with Crippen LogP contribution in [0.3, 0.4) is 0 Å². The molecule has 7 heteroatoms. The first-order valence-corrected chi connectivity index (χ1v) is 7.30. The Morgan fingerprint density at radius 1 is 1.41 bits per heavy atom. The van der Waals surface area contributed by atoms with Crippen LogP contribution < -0.4 is 5.32 Å². The van der Waals surface area contributed by atoms with Gasteiger partial charge in [-0.15, -0.1) is 0 Å². The fourth-order valence-corrected chi connectivity index (χ4v) is 3.11. The van der Waals surface area contributed by atoms with E-state index in [1.807, 2.05) is 6.92 Å². The molecule has 3 rings (SSSR count). The summed E-state index contributed by atoms with van der Waals surface area (Å²) in [6, 6.07) is 1.45. The molecule has 2 aromatic rings. The standard InChI is InChI=1S/C15H18N4O3/c1-8-11-6-9(7-16-13(11)19(2)18-8)14(20)17-12-5-3-4-10(12)15(21)22/h6-7,10,12H,3-5H2,1-2H3,(H,17,20)(H,21,22)/t10-,12+/m0/s1. The van der Waals surface area contributed by atoms with Crippen LogP contribution in [0.25, 0.3) is 11.0 Å². The average Bonchev–Trinajstić information content (AvgIpc) is 3.04. The second-order valence-electron chi connectivity index (χ2n) is 5.76. The van der Waals surface area contributed by atoms with Crippen molar-refractivity contribution < 1.29 is 14.7 Å². The third-order valence-electron chi connectivity index (χ3n) is 4.27. The highest BCUT2D eigenvalue weighted by atomic mass is 16.4. The van der Waals surface area contributed by atoms with Crippen molar-refractivity contribution >= 4 is 22.9 Å². The molecule has 2 heterocycles. The Hall–Kier alpha value is -2.44. The van der Waals surface area contributed by atoms with Crippen LogP contribution in [0.4, 0.5) is 0 Å². The Bertz CT molecular complexity index is 753. The van der Waals surface area contributed by atoms with Crippen LogP contribution in [0.5, 0.6) is 0 Å². The van der Waals surface area contributed by atoms with Gasteiger partial charge in [0.15, 0.2) is 5.65 Å². The Kier molecular flexibility index (Phi) is 3.56. The molecule has 1 aliphatic carbocycles. The molecular formula is C15H18N4O3. The molecule has 1 amide bonds. The predicted molar refractivity (Wildman–Crippen MR) is 79.5 cm³/mol. The fraction of sp³-hybridized carbons (Fsp3) is 0.467. The van der Waals surface area contributed by atoms with Gasteiger partial charge in [0, 0.05) is 24.7 Å². The number of carboxylic acid groups (broad SMARTS) is 1. The van der Waals surface area contributed by atoms with Crippen molar-refractivity contribution in [2.75, 3.05) is 0 Å². The van der Waals surface area contributed by atoms with Gasteiger partial charge in [0.1, 0.15) is 0 Å². The zero-order chi connectivity index (χ0) is 15.9. The zero-order valence-corrected chi connectivity index (χ0v) is 12.5. The molecule has 0 bridgehead atoms. The molecule has 0 aliphatic heterocycles. The van der Waals surface area contributed by atoms with Crippen molar-refractivity contribution in [1.29, 1.82) is 0 Å². The first-order chi connectivity index (χ1) is 10.5. The molecule has 1 aliphatic rings. The van der Waals surface area contributed by atoms with Crippen molar-refractivity contribution in [3.05, 3.63) is 23.5 Å². The van der Waals surface area contributed by atoms with Crippen molar-refractivity contribution in [3.8, 4) is 0 Å². The Morgan fingerprint density at radius 2 is 2.18 bits per heavy atom. The number of fused-ring (bicyclic) bond motifs is 1. The number of rotatable bonds is 3. The molecule has 1 fully saturated rings. The van der Waals surface area contributed by atoms with E-state index in [1.165, 1.54) is 6.20 Å². The monoisotopic (exact) mass is 302 g/mol. The van der Waals surface area contributed by atoms with E-state index in [-0.39, 0.29) is 11.9 Å². The number of carbonyl (C=O) groups is 2. The predicted octanol–water partition coefficient (Wildman–Crippen LogP) is 1.26. The molecule has 0 unspecified atom stereocenters.